The van der Waals surface area contributed by atoms with Gasteiger partial charge in [0, 0.05) is 58.0 Å². The van der Waals surface area contributed by atoms with Crippen LogP contribution in [0.4, 0.5) is 5.82 Å². The van der Waals surface area contributed by atoms with Crippen molar-refractivity contribution < 1.29 is 9.47 Å². The fourth-order valence-corrected chi connectivity index (χ4v) is 5.09. The number of aromatic nitrogens is 2. The standard InChI is InChI=1S/C25H41N7O2/c1-18(15-33-2)32-21-5-3-19(4-6-21)13-26-24-11-22(28-16-30-24)23-12-25(31-17-29-23)27-14-20-7-9-34-10-8-20/h11,16-21,23,32H,3-10,12-15H2,1-2H3,(H,26,28,30)(H,27,29,31)/t18-,19?,21?,23?/m1/s1. The van der Waals surface area contributed by atoms with Crippen molar-refractivity contribution >= 4 is 18.0 Å². The van der Waals surface area contributed by atoms with Crippen LogP contribution in [0.1, 0.15) is 63.6 Å². The van der Waals surface area contributed by atoms with Crippen LogP contribution < -0.4 is 16.0 Å². The highest BCUT2D eigenvalue weighted by molar-refractivity contribution is 5.94. The third-order valence-electron chi connectivity index (χ3n) is 7.14. The first-order chi connectivity index (χ1) is 16.7. The molecule has 0 radical (unpaired) electrons. The number of nitrogens with one attached hydrogen (secondary N) is 3. The molecule has 2 fully saturated rings. The minimum atomic E-state index is -0.0196. The monoisotopic (exact) mass is 471 g/mol. The number of aliphatic imine (C=N–C) groups is 2. The molecular weight excluding hydrogens is 430 g/mol. The third-order valence-corrected chi connectivity index (χ3v) is 7.14. The molecule has 0 amide bonds. The Morgan fingerprint density at radius 3 is 2.76 bits per heavy atom. The van der Waals surface area contributed by atoms with Crippen molar-refractivity contribution in [1.82, 2.24) is 20.6 Å². The van der Waals surface area contributed by atoms with E-state index in [0.29, 0.717) is 23.9 Å². The van der Waals surface area contributed by atoms with Gasteiger partial charge in [-0.15, -0.1) is 0 Å². The molecule has 0 aromatic carbocycles. The second kappa shape index (κ2) is 13.1. The number of hydrogen-bond acceptors (Lipinski definition) is 8. The normalized spacial score (nSPS) is 27.9. The Bertz CT molecular complexity index is 804. The fraction of sp³-hybridized carbons (Fsp3) is 0.760. The predicted octanol–water partition coefficient (Wildman–Crippen LogP) is 2.96. The van der Waals surface area contributed by atoms with Crippen LogP contribution in [0.2, 0.25) is 0 Å². The van der Waals surface area contributed by atoms with Crippen molar-refractivity contribution in [3.05, 3.63) is 18.1 Å². The largest absolute Gasteiger partial charge is 0.383 e. The lowest BCUT2D eigenvalue weighted by atomic mass is 9.85. The van der Waals surface area contributed by atoms with Gasteiger partial charge in [0.25, 0.3) is 0 Å². The second-order valence-electron chi connectivity index (χ2n) is 9.94. The molecule has 0 spiro atoms. The number of hydrogen-bond donors (Lipinski definition) is 3. The summed E-state index contributed by atoms with van der Waals surface area (Å²) in [6, 6.07) is 3.04. The number of nitrogens with zero attached hydrogens (tertiary/aromatic N) is 4. The molecule has 1 aliphatic carbocycles. The van der Waals surface area contributed by atoms with E-state index < -0.39 is 0 Å². The van der Waals surface area contributed by atoms with E-state index in [1.807, 2.05) is 6.07 Å². The summed E-state index contributed by atoms with van der Waals surface area (Å²) in [4.78, 5) is 18.4. The summed E-state index contributed by atoms with van der Waals surface area (Å²) in [5.41, 5.74) is 0.939. The zero-order chi connectivity index (χ0) is 23.6. The van der Waals surface area contributed by atoms with Gasteiger partial charge in [0.05, 0.1) is 18.6 Å². The van der Waals surface area contributed by atoms with Crippen LogP contribution in [0.3, 0.4) is 0 Å². The number of amidine groups is 1. The maximum Gasteiger partial charge on any atom is 0.129 e. The topological polar surface area (TPSA) is 105 Å². The van der Waals surface area contributed by atoms with Crippen LogP contribution in [-0.2, 0) is 9.47 Å². The third kappa shape index (κ3) is 7.71. The van der Waals surface area contributed by atoms with Gasteiger partial charge in [0.15, 0.2) is 0 Å². The van der Waals surface area contributed by atoms with Crippen LogP contribution in [0.15, 0.2) is 22.4 Å². The first kappa shape index (κ1) is 25.0. The molecule has 1 saturated carbocycles. The Kier molecular flexibility index (Phi) is 9.64. The van der Waals surface area contributed by atoms with Crippen LogP contribution >= 0.6 is 0 Å². The van der Waals surface area contributed by atoms with Gasteiger partial charge in [-0.25, -0.2) is 9.97 Å². The molecule has 3 N–H and O–H groups in total. The number of methoxy groups -OCH3 is 1. The van der Waals surface area contributed by atoms with Gasteiger partial charge >= 0.3 is 0 Å². The number of rotatable bonds is 10. The van der Waals surface area contributed by atoms with E-state index >= 15 is 0 Å². The predicted molar refractivity (Wildman–Crippen MR) is 136 cm³/mol. The van der Waals surface area contributed by atoms with E-state index in [1.54, 1.807) is 19.8 Å². The van der Waals surface area contributed by atoms with Crippen LogP contribution in [0.25, 0.3) is 0 Å². The summed E-state index contributed by atoms with van der Waals surface area (Å²) in [7, 11) is 1.76. The molecule has 2 atom stereocenters. The molecular formula is C25H41N7O2. The Morgan fingerprint density at radius 2 is 1.97 bits per heavy atom. The van der Waals surface area contributed by atoms with Crippen molar-refractivity contribution in [2.45, 2.75) is 70.0 Å². The lowest BCUT2D eigenvalue weighted by molar-refractivity contribution is 0.0689. The molecule has 34 heavy (non-hydrogen) atoms. The minimum Gasteiger partial charge on any atom is -0.383 e. The van der Waals surface area contributed by atoms with Gasteiger partial charge in [-0.1, -0.05) is 0 Å². The molecule has 1 aromatic heterocycles. The molecule has 4 rings (SSSR count). The highest BCUT2D eigenvalue weighted by Gasteiger charge is 2.23. The zero-order valence-corrected chi connectivity index (χ0v) is 20.7. The molecule has 0 bridgehead atoms. The van der Waals surface area contributed by atoms with E-state index in [2.05, 4.69) is 37.8 Å². The average molecular weight is 472 g/mol. The lowest BCUT2D eigenvalue weighted by Crippen LogP contribution is -2.41. The van der Waals surface area contributed by atoms with E-state index in [4.69, 9.17) is 14.5 Å². The van der Waals surface area contributed by atoms with Crippen molar-refractivity contribution in [1.29, 1.82) is 0 Å². The first-order valence-electron chi connectivity index (χ1n) is 12.9. The van der Waals surface area contributed by atoms with Gasteiger partial charge in [0.1, 0.15) is 24.0 Å². The van der Waals surface area contributed by atoms with Gasteiger partial charge in [-0.2, -0.15) is 0 Å². The lowest BCUT2D eigenvalue weighted by Gasteiger charge is -2.31. The summed E-state index contributed by atoms with van der Waals surface area (Å²) < 4.78 is 10.7. The van der Waals surface area contributed by atoms with Crippen LogP contribution in [0.5, 0.6) is 0 Å². The Hall–Kier alpha value is -2.10. The van der Waals surface area contributed by atoms with E-state index in [-0.39, 0.29) is 6.04 Å². The average Bonchev–Trinajstić information content (AvgIpc) is 2.88. The molecule has 2 aliphatic heterocycles. The highest BCUT2D eigenvalue weighted by atomic mass is 16.5. The van der Waals surface area contributed by atoms with Gasteiger partial charge < -0.3 is 25.4 Å². The quantitative estimate of drug-likeness (QED) is 0.482. The molecule has 1 unspecified atom stereocenters. The molecule has 188 valence electrons. The van der Waals surface area contributed by atoms with E-state index in [1.165, 1.54) is 25.7 Å². The SMILES string of the molecule is COC[C@@H](C)NC1CCC(CNc2cc(C3CC(=NCC4CCOCC4)NC=N3)ncn2)CC1. The van der Waals surface area contributed by atoms with Crippen LogP contribution in [0, 0.1) is 11.8 Å². The van der Waals surface area contributed by atoms with Crippen molar-refractivity contribution in [2.24, 2.45) is 21.8 Å². The Balaban J connectivity index is 1.23. The van der Waals surface area contributed by atoms with Crippen molar-refractivity contribution in [2.75, 3.05) is 45.3 Å². The van der Waals surface area contributed by atoms with Gasteiger partial charge in [-0.05, 0) is 57.3 Å². The first-order valence-corrected chi connectivity index (χ1v) is 12.9. The minimum absolute atomic E-state index is 0.0196. The van der Waals surface area contributed by atoms with Crippen LogP contribution in [-0.4, -0.2) is 74.2 Å². The van der Waals surface area contributed by atoms with Crippen molar-refractivity contribution in [3.63, 3.8) is 0 Å². The number of ether oxygens (including phenoxy) is 2. The summed E-state index contributed by atoms with van der Waals surface area (Å²) in [6.45, 7) is 6.47. The smallest absolute Gasteiger partial charge is 0.129 e. The highest BCUT2D eigenvalue weighted by Crippen LogP contribution is 2.26. The van der Waals surface area contributed by atoms with Crippen molar-refractivity contribution in [3.8, 4) is 0 Å². The summed E-state index contributed by atoms with van der Waals surface area (Å²) in [5, 5.41) is 10.5. The Labute approximate surface area is 203 Å². The maximum absolute atomic E-state index is 5.45. The van der Waals surface area contributed by atoms with E-state index in [9.17, 15) is 0 Å². The summed E-state index contributed by atoms with van der Waals surface area (Å²) in [6.07, 6.45) is 11.2. The second-order valence-corrected chi connectivity index (χ2v) is 9.94. The molecule has 9 heteroatoms. The zero-order valence-electron chi connectivity index (χ0n) is 20.7. The van der Waals surface area contributed by atoms with Gasteiger partial charge in [0.2, 0.25) is 0 Å². The molecule has 9 nitrogen and oxygen atoms in total. The molecule has 3 heterocycles. The fourth-order valence-electron chi connectivity index (χ4n) is 5.09. The summed E-state index contributed by atoms with van der Waals surface area (Å²) in [5.74, 6) is 3.17. The van der Waals surface area contributed by atoms with Gasteiger partial charge in [-0.3, -0.25) is 9.98 Å². The van der Waals surface area contributed by atoms with E-state index in [0.717, 1.165) is 69.5 Å². The molecule has 1 aromatic rings. The Morgan fingerprint density at radius 1 is 1.15 bits per heavy atom. The maximum atomic E-state index is 5.45. The molecule has 1 saturated heterocycles. The summed E-state index contributed by atoms with van der Waals surface area (Å²) >= 11 is 0. The number of anilines is 1. The molecule has 3 aliphatic rings.